The molecule has 0 aromatic heterocycles. The van der Waals surface area contributed by atoms with E-state index in [2.05, 4.69) is 21.2 Å². The molecule has 0 saturated heterocycles. The Hall–Kier alpha value is -1.43. The fourth-order valence-corrected chi connectivity index (χ4v) is 1.71. The van der Waals surface area contributed by atoms with Crippen molar-refractivity contribution in [3.63, 3.8) is 0 Å². The maximum absolute atomic E-state index is 13.7. The average Bonchev–Trinajstić information content (AvgIpc) is 2.24. The van der Waals surface area contributed by atoms with E-state index in [1.54, 1.807) is 26.8 Å². The highest BCUT2D eigenvalue weighted by molar-refractivity contribution is 9.10. The van der Waals surface area contributed by atoms with Gasteiger partial charge < -0.3 is 14.8 Å². The van der Waals surface area contributed by atoms with E-state index < -0.39 is 23.6 Å². The Morgan fingerprint density at radius 2 is 2.11 bits per heavy atom. The number of aldehydes is 1. The smallest absolute Gasteiger partial charge is 0.408 e. The largest absolute Gasteiger partial charge is 0.444 e. The van der Waals surface area contributed by atoms with Crippen molar-refractivity contribution in [2.45, 2.75) is 32.4 Å². The molecule has 1 aromatic carbocycles. The van der Waals surface area contributed by atoms with Crippen molar-refractivity contribution in [1.82, 2.24) is 5.32 Å². The lowest BCUT2D eigenvalue weighted by Crippen LogP contribution is -2.35. The lowest BCUT2D eigenvalue weighted by atomic mass is 10.1. The molecule has 1 atom stereocenters. The molecule has 0 spiro atoms. The number of hydrogen-bond acceptors (Lipinski definition) is 3. The quantitative estimate of drug-likeness (QED) is 0.864. The molecule has 0 bridgehead atoms. The van der Waals surface area contributed by atoms with Gasteiger partial charge in [0.15, 0.2) is 0 Å². The number of nitrogens with one attached hydrogen (secondary N) is 1. The minimum absolute atomic E-state index is 0.0871. The van der Waals surface area contributed by atoms with E-state index in [1.165, 1.54) is 12.1 Å². The number of rotatable bonds is 3. The summed E-state index contributed by atoms with van der Waals surface area (Å²) in [6.45, 7) is 5.09. The molecule has 1 rings (SSSR count). The van der Waals surface area contributed by atoms with Gasteiger partial charge in [-0.05, 0) is 32.9 Å². The van der Waals surface area contributed by atoms with Crippen LogP contribution in [0, 0.1) is 5.82 Å². The molecule has 6 heteroatoms. The first kappa shape index (κ1) is 15.6. The number of halogens is 2. The predicted molar refractivity (Wildman–Crippen MR) is 72.3 cm³/mol. The van der Waals surface area contributed by atoms with Crippen LogP contribution in [0.3, 0.4) is 0 Å². The first-order valence-electron chi connectivity index (χ1n) is 5.62. The zero-order chi connectivity index (χ0) is 14.6. The summed E-state index contributed by atoms with van der Waals surface area (Å²) in [6.07, 6.45) is -0.317. The van der Waals surface area contributed by atoms with Gasteiger partial charge in [-0.25, -0.2) is 9.18 Å². The Morgan fingerprint density at radius 1 is 1.47 bits per heavy atom. The van der Waals surface area contributed by atoms with Crippen LogP contribution in [0.2, 0.25) is 0 Å². The summed E-state index contributed by atoms with van der Waals surface area (Å²) in [6, 6.07) is 3.16. The Labute approximate surface area is 119 Å². The van der Waals surface area contributed by atoms with Crippen LogP contribution in [0.15, 0.2) is 22.7 Å². The van der Waals surface area contributed by atoms with Crippen molar-refractivity contribution >= 4 is 28.3 Å². The number of carbonyl (C=O) groups is 2. The van der Waals surface area contributed by atoms with Crippen molar-refractivity contribution < 1.29 is 18.7 Å². The Bertz CT molecular complexity index is 485. The molecule has 1 unspecified atom stereocenters. The Morgan fingerprint density at radius 3 is 2.58 bits per heavy atom. The van der Waals surface area contributed by atoms with E-state index in [0.717, 1.165) is 0 Å². The van der Waals surface area contributed by atoms with Gasteiger partial charge in [0.2, 0.25) is 0 Å². The van der Waals surface area contributed by atoms with E-state index in [0.29, 0.717) is 10.8 Å². The molecular weight excluding hydrogens is 317 g/mol. The Kier molecular flexibility index (Phi) is 5.05. The minimum atomic E-state index is -1.08. The second kappa shape index (κ2) is 6.14. The van der Waals surface area contributed by atoms with Gasteiger partial charge >= 0.3 is 6.09 Å². The lowest BCUT2D eigenvalue weighted by Gasteiger charge is -2.21. The van der Waals surface area contributed by atoms with Crippen molar-refractivity contribution in [2.75, 3.05) is 0 Å². The van der Waals surface area contributed by atoms with Gasteiger partial charge in [-0.3, -0.25) is 0 Å². The molecule has 0 saturated carbocycles. The maximum Gasteiger partial charge on any atom is 0.408 e. The number of alkyl carbamates (subject to hydrolysis) is 1. The molecule has 1 aromatic rings. The summed E-state index contributed by atoms with van der Waals surface area (Å²) < 4.78 is 19.3. The SMILES string of the molecule is CC(C)(C)OC(=O)NC(C=O)c1ccc(Br)cc1F. The first-order valence-corrected chi connectivity index (χ1v) is 6.42. The van der Waals surface area contributed by atoms with Crippen LogP contribution in [0.25, 0.3) is 0 Å². The summed E-state index contributed by atoms with van der Waals surface area (Å²) in [7, 11) is 0. The zero-order valence-corrected chi connectivity index (χ0v) is 12.5. The minimum Gasteiger partial charge on any atom is -0.444 e. The summed E-state index contributed by atoms with van der Waals surface area (Å²) in [4.78, 5) is 22.6. The van der Waals surface area contributed by atoms with Gasteiger partial charge in [0.1, 0.15) is 23.7 Å². The molecule has 0 aliphatic rings. The summed E-state index contributed by atoms with van der Waals surface area (Å²) >= 11 is 3.12. The van der Waals surface area contributed by atoms with Crippen LogP contribution in [0.4, 0.5) is 9.18 Å². The van der Waals surface area contributed by atoms with Crippen molar-refractivity contribution in [3.05, 3.63) is 34.1 Å². The number of amides is 1. The third-order valence-electron chi connectivity index (χ3n) is 2.11. The van der Waals surface area contributed by atoms with Crippen LogP contribution in [-0.2, 0) is 9.53 Å². The molecule has 0 radical (unpaired) electrons. The molecule has 0 fully saturated rings. The average molecular weight is 332 g/mol. The third kappa shape index (κ3) is 4.98. The molecule has 0 heterocycles. The van der Waals surface area contributed by atoms with Crippen LogP contribution >= 0.6 is 15.9 Å². The number of ether oxygens (including phenoxy) is 1. The number of carbonyl (C=O) groups excluding carboxylic acids is 2. The van der Waals surface area contributed by atoms with Crippen molar-refractivity contribution in [1.29, 1.82) is 0 Å². The van der Waals surface area contributed by atoms with E-state index in [-0.39, 0.29) is 5.56 Å². The molecule has 4 nitrogen and oxygen atoms in total. The van der Waals surface area contributed by atoms with Gasteiger partial charge in [0.05, 0.1) is 0 Å². The molecule has 0 aliphatic carbocycles. The van der Waals surface area contributed by atoms with E-state index in [4.69, 9.17) is 4.74 Å². The van der Waals surface area contributed by atoms with Crippen LogP contribution in [-0.4, -0.2) is 18.0 Å². The zero-order valence-electron chi connectivity index (χ0n) is 10.9. The third-order valence-corrected chi connectivity index (χ3v) is 2.60. The first-order chi connectivity index (χ1) is 8.73. The lowest BCUT2D eigenvalue weighted by molar-refractivity contribution is -0.109. The fraction of sp³-hybridized carbons (Fsp3) is 0.385. The second-order valence-electron chi connectivity index (χ2n) is 4.93. The van der Waals surface area contributed by atoms with E-state index in [1.807, 2.05) is 0 Å². The summed E-state index contributed by atoms with van der Waals surface area (Å²) in [5.74, 6) is -0.581. The molecule has 1 amide bonds. The van der Waals surface area contributed by atoms with Crippen LogP contribution in [0.1, 0.15) is 32.4 Å². The van der Waals surface area contributed by atoms with Gasteiger partial charge in [-0.15, -0.1) is 0 Å². The topological polar surface area (TPSA) is 55.4 Å². The van der Waals surface area contributed by atoms with E-state index in [9.17, 15) is 14.0 Å². The summed E-state index contributed by atoms with van der Waals surface area (Å²) in [5, 5.41) is 2.32. The van der Waals surface area contributed by atoms with Crippen LogP contribution < -0.4 is 5.32 Å². The summed E-state index contributed by atoms with van der Waals surface area (Å²) in [5.41, 5.74) is -0.598. The van der Waals surface area contributed by atoms with Crippen LogP contribution in [0.5, 0.6) is 0 Å². The monoisotopic (exact) mass is 331 g/mol. The van der Waals surface area contributed by atoms with Gasteiger partial charge in [-0.1, -0.05) is 22.0 Å². The predicted octanol–water partition coefficient (Wildman–Crippen LogP) is 3.35. The molecule has 104 valence electrons. The highest BCUT2D eigenvalue weighted by atomic mass is 79.9. The fourth-order valence-electron chi connectivity index (χ4n) is 1.37. The normalized spacial score (nSPS) is 12.7. The highest BCUT2D eigenvalue weighted by Crippen LogP contribution is 2.20. The van der Waals surface area contributed by atoms with E-state index >= 15 is 0 Å². The Balaban J connectivity index is 2.84. The standard InChI is InChI=1S/C13H15BrFNO3/c1-13(2,3)19-12(18)16-11(7-17)9-5-4-8(14)6-10(9)15/h4-7,11H,1-3H3,(H,16,18). The van der Waals surface area contributed by atoms with Gasteiger partial charge in [-0.2, -0.15) is 0 Å². The van der Waals surface area contributed by atoms with Gasteiger partial charge in [0.25, 0.3) is 0 Å². The van der Waals surface area contributed by atoms with Crippen molar-refractivity contribution in [2.24, 2.45) is 0 Å². The molecule has 19 heavy (non-hydrogen) atoms. The second-order valence-corrected chi connectivity index (χ2v) is 5.84. The number of benzene rings is 1. The highest BCUT2D eigenvalue weighted by Gasteiger charge is 2.22. The maximum atomic E-state index is 13.7. The molecule has 0 aliphatic heterocycles. The van der Waals surface area contributed by atoms with Gasteiger partial charge in [0, 0.05) is 10.0 Å². The van der Waals surface area contributed by atoms with Crippen molar-refractivity contribution in [3.8, 4) is 0 Å². The number of hydrogen-bond donors (Lipinski definition) is 1. The molecule has 1 N–H and O–H groups in total. The molecular formula is C13H15BrFNO3.